The van der Waals surface area contributed by atoms with E-state index in [2.05, 4.69) is 5.32 Å². The number of ether oxygens (including phenoxy) is 6. The number of carbonyl (C=O) groups excluding carboxylic acids is 2. The Morgan fingerprint density at radius 1 is 0.789 bits per heavy atom. The monoisotopic (exact) mass is 531 g/mol. The number of hydrogen-bond donors (Lipinski definition) is 1. The third-order valence-corrected chi connectivity index (χ3v) is 5.00. The molecule has 1 N–H and O–H groups in total. The lowest BCUT2D eigenvalue weighted by Crippen LogP contribution is -2.34. The third-order valence-electron chi connectivity index (χ3n) is 5.00. The van der Waals surface area contributed by atoms with E-state index >= 15 is 0 Å². The molecule has 38 heavy (non-hydrogen) atoms. The van der Waals surface area contributed by atoms with Crippen LogP contribution in [-0.2, 0) is 28.5 Å². The molecule has 0 fully saturated rings. The van der Waals surface area contributed by atoms with Crippen molar-refractivity contribution in [2.24, 2.45) is 0 Å². The second kappa shape index (κ2) is 17.4. The normalized spacial score (nSPS) is 12.0. The molecule has 210 valence electrons. The summed E-state index contributed by atoms with van der Waals surface area (Å²) in [5.74, 6) is -0.147. The van der Waals surface area contributed by atoms with Crippen molar-refractivity contribution in [3.8, 4) is 5.75 Å². The van der Waals surface area contributed by atoms with Crippen molar-refractivity contribution in [1.29, 1.82) is 0 Å². The van der Waals surface area contributed by atoms with Crippen LogP contribution in [0.15, 0.2) is 54.6 Å². The molecule has 0 aliphatic rings. The van der Waals surface area contributed by atoms with Gasteiger partial charge in [0.2, 0.25) is 0 Å². The van der Waals surface area contributed by atoms with E-state index in [1.807, 2.05) is 75.4 Å². The highest BCUT2D eigenvalue weighted by atomic mass is 16.6. The van der Waals surface area contributed by atoms with Gasteiger partial charge in [-0.15, -0.1) is 0 Å². The molecular weight excluding hydrogens is 490 g/mol. The van der Waals surface area contributed by atoms with Gasteiger partial charge in [-0.1, -0.05) is 42.5 Å². The van der Waals surface area contributed by atoms with Crippen molar-refractivity contribution in [2.75, 3.05) is 59.4 Å². The summed E-state index contributed by atoms with van der Waals surface area (Å²) >= 11 is 0. The molecule has 9 heteroatoms. The van der Waals surface area contributed by atoms with Crippen LogP contribution in [0.3, 0.4) is 0 Å². The van der Waals surface area contributed by atoms with E-state index in [-0.39, 0.29) is 5.97 Å². The van der Waals surface area contributed by atoms with E-state index in [0.29, 0.717) is 65.1 Å². The van der Waals surface area contributed by atoms with Gasteiger partial charge in [0.05, 0.1) is 46.2 Å². The maximum Gasteiger partial charge on any atom is 0.407 e. The number of alkyl carbamates (subject to hydrolysis) is 1. The Bertz CT molecular complexity index is 945. The van der Waals surface area contributed by atoms with Gasteiger partial charge >= 0.3 is 12.1 Å². The van der Waals surface area contributed by atoms with Gasteiger partial charge in [-0.3, -0.25) is 4.79 Å². The Kier molecular flexibility index (Phi) is 14.2. The molecule has 0 heterocycles. The molecule has 2 aromatic rings. The fourth-order valence-electron chi connectivity index (χ4n) is 3.42. The van der Waals surface area contributed by atoms with Crippen LogP contribution in [0.2, 0.25) is 0 Å². The number of hydrogen-bond acceptors (Lipinski definition) is 8. The molecule has 1 unspecified atom stereocenters. The van der Waals surface area contributed by atoms with Crippen LogP contribution in [0.1, 0.15) is 44.7 Å². The molecule has 2 aromatic carbocycles. The molecule has 0 aliphatic carbocycles. The lowest BCUT2D eigenvalue weighted by Gasteiger charge is -2.19. The first-order valence-corrected chi connectivity index (χ1v) is 12.9. The molecule has 0 saturated heterocycles. The van der Waals surface area contributed by atoms with Crippen molar-refractivity contribution in [3.05, 3.63) is 65.7 Å². The van der Waals surface area contributed by atoms with Crippen molar-refractivity contribution < 1.29 is 38.0 Å². The number of esters is 1. The predicted molar refractivity (Wildman–Crippen MR) is 144 cm³/mol. The van der Waals surface area contributed by atoms with Crippen molar-refractivity contribution in [2.45, 2.75) is 39.2 Å². The number of rotatable bonds is 17. The molecule has 2 rings (SSSR count). The van der Waals surface area contributed by atoms with Crippen LogP contribution in [-0.4, -0.2) is 77.1 Å². The fraction of sp³-hybridized carbons (Fsp3) is 0.517. The first-order chi connectivity index (χ1) is 18.3. The molecule has 1 atom stereocenters. The molecule has 0 aromatic heterocycles. The van der Waals surface area contributed by atoms with Gasteiger partial charge in [-0.25, -0.2) is 4.79 Å². The zero-order valence-electron chi connectivity index (χ0n) is 22.9. The first-order valence-electron chi connectivity index (χ1n) is 12.9. The van der Waals surface area contributed by atoms with Gasteiger partial charge in [0.1, 0.15) is 23.9 Å². The zero-order valence-corrected chi connectivity index (χ0v) is 22.9. The van der Waals surface area contributed by atoms with Crippen molar-refractivity contribution >= 4 is 12.1 Å². The van der Waals surface area contributed by atoms with E-state index in [4.69, 9.17) is 28.4 Å². The van der Waals surface area contributed by atoms with Crippen LogP contribution in [0.4, 0.5) is 4.79 Å². The van der Waals surface area contributed by atoms with Gasteiger partial charge in [0.15, 0.2) is 0 Å². The summed E-state index contributed by atoms with van der Waals surface area (Å²) in [4.78, 5) is 24.2. The minimum absolute atomic E-state index is 0.290. The van der Waals surface area contributed by atoms with Gasteiger partial charge in [0, 0.05) is 6.54 Å². The fourth-order valence-corrected chi connectivity index (χ4v) is 3.42. The minimum Gasteiger partial charge on any atom is -0.491 e. The Labute approximate surface area is 225 Å². The summed E-state index contributed by atoms with van der Waals surface area (Å²) in [6.07, 6.45) is -0.459. The van der Waals surface area contributed by atoms with Crippen LogP contribution in [0.5, 0.6) is 5.75 Å². The molecule has 0 aliphatic heterocycles. The Morgan fingerprint density at radius 3 is 2.03 bits per heavy atom. The molecule has 9 nitrogen and oxygen atoms in total. The average Bonchev–Trinajstić information content (AvgIpc) is 2.87. The van der Waals surface area contributed by atoms with E-state index in [0.717, 1.165) is 11.1 Å². The Balaban J connectivity index is 1.58. The number of benzene rings is 2. The lowest BCUT2D eigenvalue weighted by molar-refractivity contribution is -0.143. The van der Waals surface area contributed by atoms with Crippen LogP contribution in [0.25, 0.3) is 0 Å². The second-order valence-corrected chi connectivity index (χ2v) is 9.28. The Morgan fingerprint density at radius 2 is 1.39 bits per heavy atom. The quantitative estimate of drug-likeness (QED) is 0.238. The number of nitrogens with one attached hydrogen (secondary N) is 1. The topological polar surface area (TPSA) is 102 Å². The SMILES string of the molecule is CCOC(=O)C(c1ccccc1)c1cccc(OCCOCCOCCOCCNC(=O)OC(C)(C)C)c1. The summed E-state index contributed by atoms with van der Waals surface area (Å²) in [5, 5.41) is 2.63. The summed E-state index contributed by atoms with van der Waals surface area (Å²) in [7, 11) is 0. The van der Waals surface area contributed by atoms with E-state index < -0.39 is 17.6 Å². The van der Waals surface area contributed by atoms with E-state index in [1.54, 1.807) is 6.92 Å². The highest BCUT2D eigenvalue weighted by molar-refractivity contribution is 5.82. The second-order valence-electron chi connectivity index (χ2n) is 9.28. The molecule has 1 amide bonds. The molecule has 0 bridgehead atoms. The van der Waals surface area contributed by atoms with Gasteiger partial charge in [-0.2, -0.15) is 0 Å². The van der Waals surface area contributed by atoms with Gasteiger partial charge < -0.3 is 33.7 Å². The molecule has 0 spiro atoms. The Hall–Kier alpha value is -3.14. The standard InChI is InChI=1S/C29H41NO8/c1-5-36-27(31)26(23-10-7-6-8-11-23)24-12-9-13-25(22-24)37-21-20-35-19-18-34-17-16-33-15-14-30-28(32)38-29(2,3)4/h6-13,22,26H,5,14-21H2,1-4H3,(H,30,32). The smallest absolute Gasteiger partial charge is 0.407 e. The van der Waals surface area contributed by atoms with Crippen molar-refractivity contribution in [1.82, 2.24) is 5.32 Å². The third kappa shape index (κ3) is 12.9. The highest BCUT2D eigenvalue weighted by Crippen LogP contribution is 2.28. The molecular formula is C29H41NO8. The molecule has 0 radical (unpaired) electrons. The van der Waals surface area contributed by atoms with Crippen LogP contribution < -0.4 is 10.1 Å². The first kappa shape index (κ1) is 31.1. The minimum atomic E-state index is -0.518. The summed E-state index contributed by atoms with van der Waals surface area (Å²) in [6.45, 7) is 10.8. The van der Waals surface area contributed by atoms with Gasteiger partial charge in [0.25, 0.3) is 0 Å². The lowest BCUT2D eigenvalue weighted by atomic mass is 9.91. The average molecular weight is 532 g/mol. The summed E-state index contributed by atoms with van der Waals surface area (Å²) in [6, 6.07) is 17.0. The summed E-state index contributed by atoms with van der Waals surface area (Å²) < 4.78 is 32.7. The van der Waals surface area contributed by atoms with Crippen molar-refractivity contribution in [3.63, 3.8) is 0 Å². The maximum atomic E-state index is 12.7. The van der Waals surface area contributed by atoms with Gasteiger partial charge in [-0.05, 0) is 51.0 Å². The largest absolute Gasteiger partial charge is 0.491 e. The highest BCUT2D eigenvalue weighted by Gasteiger charge is 2.24. The molecule has 0 saturated carbocycles. The maximum absolute atomic E-state index is 12.7. The number of amides is 1. The van der Waals surface area contributed by atoms with E-state index in [1.165, 1.54) is 0 Å². The van der Waals surface area contributed by atoms with Crippen LogP contribution in [0, 0.1) is 0 Å². The predicted octanol–water partition coefficient (Wildman–Crippen LogP) is 4.33. The summed E-state index contributed by atoms with van der Waals surface area (Å²) in [5.41, 5.74) is 1.16. The zero-order chi connectivity index (χ0) is 27.6. The van der Waals surface area contributed by atoms with Crippen LogP contribution >= 0.6 is 0 Å². The number of carbonyl (C=O) groups is 2. The van der Waals surface area contributed by atoms with E-state index in [9.17, 15) is 9.59 Å².